The van der Waals surface area contributed by atoms with Gasteiger partial charge in [-0.2, -0.15) is 0 Å². The Balaban J connectivity index is 2.05. The van der Waals surface area contributed by atoms with E-state index in [2.05, 4.69) is 5.32 Å². The first-order valence-electron chi connectivity index (χ1n) is 9.66. The molecule has 6 nitrogen and oxygen atoms in total. The summed E-state index contributed by atoms with van der Waals surface area (Å²) in [5, 5.41) is 24.0. The van der Waals surface area contributed by atoms with Crippen molar-refractivity contribution in [2.24, 2.45) is 0 Å². The monoisotopic (exact) mass is 482 g/mol. The first-order chi connectivity index (χ1) is 14.8. The topological polar surface area (TPSA) is 89.9 Å². The summed E-state index contributed by atoms with van der Waals surface area (Å²) in [6, 6.07) is 10.3. The molecule has 0 radical (unpaired) electrons. The Kier molecular flexibility index (Phi) is 7.97. The number of Topliss-reactive ketones (excluding diaryl/α,β-unsaturated/α-hetero) is 1. The number of rotatable bonds is 8. The largest absolute Gasteiger partial charge is 0.507 e. The minimum atomic E-state index is -0.863. The molecule has 0 aliphatic carbocycles. The van der Waals surface area contributed by atoms with E-state index < -0.39 is 17.7 Å². The van der Waals surface area contributed by atoms with Gasteiger partial charge in [0.2, 0.25) is 0 Å². The van der Waals surface area contributed by atoms with Crippen LogP contribution in [0.15, 0.2) is 48.0 Å². The molecule has 0 spiro atoms. The summed E-state index contributed by atoms with van der Waals surface area (Å²) in [4.78, 5) is 27.2. The minimum absolute atomic E-state index is 0.00594. The van der Waals surface area contributed by atoms with E-state index in [-0.39, 0.29) is 29.5 Å². The molecule has 0 saturated carbocycles. The molecule has 1 unspecified atom stereocenters. The second kappa shape index (κ2) is 10.5. The van der Waals surface area contributed by atoms with E-state index in [1.807, 2.05) is 0 Å². The van der Waals surface area contributed by atoms with Crippen LogP contribution in [-0.4, -0.2) is 53.0 Å². The van der Waals surface area contributed by atoms with Gasteiger partial charge in [-0.25, -0.2) is 0 Å². The number of aliphatic hydroxyl groups excluding tert-OH is 2. The van der Waals surface area contributed by atoms with Gasteiger partial charge in [-0.3, -0.25) is 9.59 Å². The standard InChI is InChI=1S/C22H21Cl3N2O4/c23-14-4-2-13(3-5-14)20(29)18-19(16-7-6-15(24)12-17(16)25)27(22(31)21(18)30)10-1-8-26-9-11-28/h2-7,12,19,26,28-29H,1,8-11H2. The predicted molar refractivity (Wildman–Crippen MR) is 121 cm³/mol. The maximum atomic E-state index is 12.9. The van der Waals surface area contributed by atoms with Crippen molar-refractivity contribution in [1.29, 1.82) is 0 Å². The molecule has 1 amide bonds. The highest BCUT2D eigenvalue weighted by Gasteiger charge is 2.46. The van der Waals surface area contributed by atoms with Crippen LogP contribution in [0.3, 0.4) is 0 Å². The highest BCUT2D eigenvalue weighted by atomic mass is 35.5. The maximum absolute atomic E-state index is 12.9. The Morgan fingerprint density at radius 2 is 1.68 bits per heavy atom. The van der Waals surface area contributed by atoms with Crippen LogP contribution in [0.4, 0.5) is 0 Å². The van der Waals surface area contributed by atoms with Crippen LogP contribution in [0.2, 0.25) is 15.1 Å². The number of benzene rings is 2. The number of carbonyl (C=O) groups is 2. The van der Waals surface area contributed by atoms with Crippen LogP contribution in [-0.2, 0) is 9.59 Å². The normalized spacial score (nSPS) is 18.1. The van der Waals surface area contributed by atoms with Gasteiger partial charge >= 0.3 is 0 Å². The molecule has 1 aliphatic heterocycles. The second-order valence-electron chi connectivity index (χ2n) is 6.99. The number of ketones is 1. The van der Waals surface area contributed by atoms with E-state index in [0.29, 0.717) is 40.7 Å². The van der Waals surface area contributed by atoms with Crippen LogP contribution in [0.5, 0.6) is 0 Å². The SMILES string of the molecule is O=C1C(=O)N(CCCNCCO)C(c2ccc(Cl)cc2Cl)C1=C(O)c1ccc(Cl)cc1. The van der Waals surface area contributed by atoms with E-state index in [1.165, 1.54) is 11.0 Å². The number of hydrogen-bond acceptors (Lipinski definition) is 5. The van der Waals surface area contributed by atoms with Crippen LogP contribution in [0.1, 0.15) is 23.6 Å². The molecular weight excluding hydrogens is 463 g/mol. The molecular formula is C22H21Cl3N2O4. The zero-order valence-electron chi connectivity index (χ0n) is 16.4. The average molecular weight is 484 g/mol. The van der Waals surface area contributed by atoms with Gasteiger partial charge < -0.3 is 20.4 Å². The fourth-order valence-corrected chi connectivity index (χ4v) is 4.14. The number of amides is 1. The first-order valence-corrected chi connectivity index (χ1v) is 10.8. The maximum Gasteiger partial charge on any atom is 0.295 e. The number of nitrogens with one attached hydrogen (secondary N) is 1. The van der Waals surface area contributed by atoms with Gasteiger partial charge in [0.25, 0.3) is 11.7 Å². The van der Waals surface area contributed by atoms with E-state index in [9.17, 15) is 14.7 Å². The van der Waals surface area contributed by atoms with Gasteiger partial charge in [-0.1, -0.05) is 40.9 Å². The summed E-state index contributed by atoms with van der Waals surface area (Å²) in [6.07, 6.45) is 0.537. The molecule has 31 heavy (non-hydrogen) atoms. The van der Waals surface area contributed by atoms with Crippen LogP contribution >= 0.6 is 34.8 Å². The molecule has 0 bridgehead atoms. The third-order valence-electron chi connectivity index (χ3n) is 4.96. The molecule has 0 aromatic heterocycles. The Labute approximate surface area is 195 Å². The Bertz CT molecular complexity index is 1010. The number of nitrogens with zero attached hydrogens (tertiary/aromatic N) is 1. The van der Waals surface area contributed by atoms with E-state index in [1.54, 1.807) is 36.4 Å². The lowest BCUT2D eigenvalue weighted by molar-refractivity contribution is -0.139. The Morgan fingerprint density at radius 1 is 1.00 bits per heavy atom. The molecule has 3 N–H and O–H groups in total. The molecule has 1 heterocycles. The first kappa shape index (κ1) is 23.6. The zero-order valence-corrected chi connectivity index (χ0v) is 18.7. The quantitative estimate of drug-likeness (QED) is 0.228. The van der Waals surface area contributed by atoms with Crippen LogP contribution < -0.4 is 5.32 Å². The zero-order chi connectivity index (χ0) is 22.5. The summed E-state index contributed by atoms with van der Waals surface area (Å²) in [7, 11) is 0. The number of hydrogen-bond donors (Lipinski definition) is 3. The fraction of sp³-hybridized carbons (Fsp3) is 0.273. The molecule has 2 aromatic rings. The molecule has 1 saturated heterocycles. The number of likely N-dealkylation sites (tertiary alicyclic amines) is 1. The summed E-state index contributed by atoms with van der Waals surface area (Å²) < 4.78 is 0. The lowest BCUT2D eigenvalue weighted by Gasteiger charge is -2.26. The highest BCUT2D eigenvalue weighted by molar-refractivity contribution is 6.47. The Morgan fingerprint density at radius 3 is 2.32 bits per heavy atom. The van der Waals surface area contributed by atoms with Gasteiger partial charge in [0.1, 0.15) is 5.76 Å². The van der Waals surface area contributed by atoms with Crippen molar-refractivity contribution in [1.82, 2.24) is 10.2 Å². The van der Waals surface area contributed by atoms with Gasteiger partial charge in [0, 0.05) is 33.7 Å². The molecule has 1 atom stereocenters. The van der Waals surface area contributed by atoms with E-state index >= 15 is 0 Å². The summed E-state index contributed by atoms with van der Waals surface area (Å²) >= 11 is 18.4. The number of halogens is 3. The predicted octanol–water partition coefficient (Wildman–Crippen LogP) is 4.04. The highest BCUT2D eigenvalue weighted by Crippen LogP contribution is 2.42. The van der Waals surface area contributed by atoms with E-state index in [0.717, 1.165) is 0 Å². The Hall–Kier alpha value is -2.09. The van der Waals surface area contributed by atoms with Crippen molar-refractivity contribution in [2.75, 3.05) is 26.2 Å². The van der Waals surface area contributed by atoms with Crippen LogP contribution in [0.25, 0.3) is 5.76 Å². The van der Waals surface area contributed by atoms with Crippen molar-refractivity contribution in [3.05, 3.63) is 74.2 Å². The van der Waals surface area contributed by atoms with Gasteiger partial charge in [-0.05, 0) is 54.9 Å². The van der Waals surface area contributed by atoms with Crippen LogP contribution in [0, 0.1) is 0 Å². The second-order valence-corrected chi connectivity index (χ2v) is 8.27. The third kappa shape index (κ3) is 5.22. The molecule has 1 fully saturated rings. The van der Waals surface area contributed by atoms with Crippen molar-refractivity contribution in [3.63, 3.8) is 0 Å². The van der Waals surface area contributed by atoms with Gasteiger partial charge in [0.05, 0.1) is 18.2 Å². The lowest BCUT2D eigenvalue weighted by Crippen LogP contribution is -2.33. The molecule has 9 heteroatoms. The van der Waals surface area contributed by atoms with Crippen molar-refractivity contribution >= 4 is 52.3 Å². The lowest BCUT2D eigenvalue weighted by atomic mass is 9.95. The molecule has 164 valence electrons. The number of carbonyl (C=O) groups excluding carboxylic acids is 2. The van der Waals surface area contributed by atoms with Crippen molar-refractivity contribution in [3.8, 4) is 0 Å². The van der Waals surface area contributed by atoms with Crippen molar-refractivity contribution < 1.29 is 19.8 Å². The average Bonchev–Trinajstić information content (AvgIpc) is 2.98. The van der Waals surface area contributed by atoms with Gasteiger partial charge in [0.15, 0.2) is 0 Å². The smallest absolute Gasteiger partial charge is 0.295 e. The summed E-state index contributed by atoms with van der Waals surface area (Å²) in [6.45, 7) is 1.24. The molecule has 3 rings (SSSR count). The molecule has 1 aliphatic rings. The number of aliphatic hydroxyl groups is 2. The van der Waals surface area contributed by atoms with E-state index in [4.69, 9.17) is 39.9 Å². The summed E-state index contributed by atoms with van der Waals surface area (Å²) in [5.41, 5.74) is 0.811. The minimum Gasteiger partial charge on any atom is -0.507 e. The fourth-order valence-electron chi connectivity index (χ4n) is 3.50. The third-order valence-corrected chi connectivity index (χ3v) is 5.77. The van der Waals surface area contributed by atoms with Gasteiger partial charge in [-0.15, -0.1) is 0 Å². The van der Waals surface area contributed by atoms with Crippen molar-refractivity contribution in [2.45, 2.75) is 12.5 Å². The molecule has 2 aromatic carbocycles. The summed E-state index contributed by atoms with van der Waals surface area (Å²) in [5.74, 6) is -1.80.